The maximum absolute atomic E-state index is 10.9. The number of allylic oxidation sites excluding steroid dienone is 3. The van der Waals surface area contributed by atoms with Gasteiger partial charge in [-0.1, -0.05) is 12.7 Å². The van der Waals surface area contributed by atoms with Crippen molar-refractivity contribution in [1.29, 1.82) is 0 Å². The lowest BCUT2D eigenvalue weighted by molar-refractivity contribution is 0.462. The zero-order valence-electron chi connectivity index (χ0n) is 16.0. The highest BCUT2D eigenvalue weighted by atomic mass is 16.3. The first kappa shape index (κ1) is 18.2. The molecule has 1 aromatic rings. The van der Waals surface area contributed by atoms with Crippen molar-refractivity contribution < 1.29 is 5.11 Å². The summed E-state index contributed by atoms with van der Waals surface area (Å²) in [7, 11) is 3.62. The number of nitrogens with zero attached hydrogens (tertiary/aromatic N) is 4. The summed E-state index contributed by atoms with van der Waals surface area (Å²) in [4.78, 5) is 6.41. The molecule has 0 amide bonds. The first-order chi connectivity index (χ1) is 12.6. The second kappa shape index (κ2) is 7.77. The van der Waals surface area contributed by atoms with Crippen LogP contribution in [0.2, 0.25) is 0 Å². The third-order valence-electron chi connectivity index (χ3n) is 5.16. The Bertz CT molecular complexity index is 790. The van der Waals surface area contributed by atoms with E-state index in [1.807, 2.05) is 20.0 Å². The minimum absolute atomic E-state index is 0.369. The summed E-state index contributed by atoms with van der Waals surface area (Å²) in [6.45, 7) is 7.98. The fraction of sp³-hybridized carbons (Fsp3) is 0.429. The Labute approximate surface area is 156 Å². The number of rotatable bonds is 5. The van der Waals surface area contributed by atoms with Crippen molar-refractivity contribution in [2.45, 2.75) is 32.6 Å². The highest BCUT2D eigenvalue weighted by molar-refractivity contribution is 6.04. The highest BCUT2D eigenvalue weighted by Crippen LogP contribution is 2.45. The SMILES string of the molecule is C=CC(=C\C=NC)/C(C)=N/N(C)c1cc2c3c(c1O)CCCN3CCC2. The second-order valence-electron chi connectivity index (χ2n) is 6.87. The number of aliphatic imine (C=N–C) groups is 1. The minimum atomic E-state index is 0.369. The van der Waals surface area contributed by atoms with E-state index >= 15 is 0 Å². The zero-order chi connectivity index (χ0) is 18.7. The molecule has 0 atom stereocenters. The van der Waals surface area contributed by atoms with Gasteiger partial charge < -0.3 is 10.0 Å². The fourth-order valence-electron chi connectivity index (χ4n) is 3.90. The molecule has 0 unspecified atom stereocenters. The van der Waals surface area contributed by atoms with E-state index in [0.29, 0.717) is 5.75 Å². The predicted molar refractivity (Wildman–Crippen MR) is 111 cm³/mol. The summed E-state index contributed by atoms with van der Waals surface area (Å²) < 4.78 is 0. The monoisotopic (exact) mass is 352 g/mol. The Morgan fingerprint density at radius 3 is 2.73 bits per heavy atom. The largest absolute Gasteiger partial charge is 0.505 e. The first-order valence-corrected chi connectivity index (χ1v) is 9.23. The molecule has 0 aliphatic carbocycles. The van der Waals surface area contributed by atoms with E-state index in [0.717, 1.165) is 54.9 Å². The van der Waals surface area contributed by atoms with Crippen molar-refractivity contribution in [3.05, 3.63) is 41.5 Å². The number of phenolic OH excluding ortho intramolecular Hbond substituents is 1. The average Bonchev–Trinajstić information content (AvgIpc) is 2.65. The number of aromatic hydroxyl groups is 1. The van der Waals surface area contributed by atoms with Crippen LogP contribution in [0.15, 0.2) is 40.5 Å². The second-order valence-corrected chi connectivity index (χ2v) is 6.87. The van der Waals surface area contributed by atoms with Crippen molar-refractivity contribution >= 4 is 23.3 Å². The maximum atomic E-state index is 10.9. The van der Waals surface area contributed by atoms with Crippen LogP contribution in [0.3, 0.4) is 0 Å². The number of hydrogen-bond donors (Lipinski definition) is 1. The van der Waals surface area contributed by atoms with Crippen LogP contribution in [0.25, 0.3) is 0 Å². The van der Waals surface area contributed by atoms with Gasteiger partial charge in [0.2, 0.25) is 0 Å². The molecular weight excluding hydrogens is 324 g/mol. The molecule has 0 saturated carbocycles. The molecule has 0 bridgehead atoms. The van der Waals surface area contributed by atoms with Crippen LogP contribution in [-0.2, 0) is 12.8 Å². The lowest BCUT2D eigenvalue weighted by Crippen LogP contribution is -2.34. The number of phenols is 1. The Kier molecular flexibility index (Phi) is 5.45. The van der Waals surface area contributed by atoms with Gasteiger partial charge in [0.05, 0.1) is 5.71 Å². The summed E-state index contributed by atoms with van der Waals surface area (Å²) in [6.07, 6.45) is 9.63. The molecule has 138 valence electrons. The molecule has 0 spiro atoms. The molecule has 2 heterocycles. The van der Waals surface area contributed by atoms with Crippen molar-refractivity contribution in [3.63, 3.8) is 0 Å². The van der Waals surface area contributed by atoms with E-state index in [4.69, 9.17) is 0 Å². The fourth-order valence-corrected chi connectivity index (χ4v) is 3.90. The standard InChI is InChI=1S/C21H28N4O/c1-5-16(10-11-22-3)15(2)23-24(4)19-14-17-8-6-12-25-13-7-9-18(20(17)25)21(19)26/h5,10-11,14,26H,1,6-9,12-13H2,2-4H3/b16-10+,22-11?,23-15+. The van der Waals surface area contributed by atoms with E-state index in [2.05, 4.69) is 27.6 Å². The molecule has 0 saturated heterocycles. The molecule has 3 rings (SSSR count). The van der Waals surface area contributed by atoms with Crippen molar-refractivity contribution in [1.82, 2.24) is 0 Å². The summed E-state index contributed by atoms with van der Waals surface area (Å²) in [6, 6.07) is 2.10. The molecule has 5 nitrogen and oxygen atoms in total. The van der Waals surface area contributed by atoms with Crippen LogP contribution >= 0.6 is 0 Å². The van der Waals surface area contributed by atoms with E-state index in [1.165, 1.54) is 17.7 Å². The topological polar surface area (TPSA) is 51.4 Å². The molecule has 0 aromatic heterocycles. The quantitative estimate of drug-likeness (QED) is 0.499. The van der Waals surface area contributed by atoms with Crippen LogP contribution in [0.1, 0.15) is 30.9 Å². The number of anilines is 2. The number of aryl methyl sites for hydroxylation is 1. The van der Waals surface area contributed by atoms with Gasteiger partial charge in [-0.05, 0) is 55.9 Å². The van der Waals surface area contributed by atoms with Crippen molar-refractivity contribution in [2.24, 2.45) is 10.1 Å². The van der Waals surface area contributed by atoms with Crippen LogP contribution in [-0.4, -0.2) is 44.2 Å². The van der Waals surface area contributed by atoms with Crippen molar-refractivity contribution in [2.75, 3.05) is 37.1 Å². The first-order valence-electron chi connectivity index (χ1n) is 9.23. The Balaban J connectivity index is 1.99. The minimum Gasteiger partial charge on any atom is -0.505 e. The summed E-state index contributed by atoms with van der Waals surface area (Å²) >= 11 is 0. The molecule has 26 heavy (non-hydrogen) atoms. The molecular formula is C21H28N4O. The van der Waals surface area contributed by atoms with Crippen molar-refractivity contribution in [3.8, 4) is 5.75 Å². The lowest BCUT2D eigenvalue weighted by atomic mass is 9.90. The zero-order valence-corrected chi connectivity index (χ0v) is 16.0. The number of benzene rings is 1. The summed E-state index contributed by atoms with van der Waals surface area (Å²) in [5, 5.41) is 17.4. The highest BCUT2D eigenvalue weighted by Gasteiger charge is 2.28. The van der Waals surface area contributed by atoms with E-state index < -0.39 is 0 Å². The predicted octanol–water partition coefficient (Wildman–Crippen LogP) is 3.72. The normalized spacial score (nSPS) is 17.4. The van der Waals surface area contributed by atoms with E-state index in [9.17, 15) is 5.11 Å². The van der Waals surface area contributed by atoms with Gasteiger partial charge in [0.15, 0.2) is 0 Å². The van der Waals surface area contributed by atoms with Gasteiger partial charge in [-0.2, -0.15) is 5.10 Å². The third kappa shape index (κ3) is 3.39. The summed E-state index contributed by atoms with van der Waals surface area (Å²) in [5.41, 5.74) is 6.19. The van der Waals surface area contributed by atoms with Crippen LogP contribution in [0, 0.1) is 0 Å². The van der Waals surface area contributed by atoms with Gasteiger partial charge >= 0.3 is 0 Å². The molecule has 5 heteroatoms. The van der Waals surface area contributed by atoms with Gasteiger partial charge in [0.1, 0.15) is 11.4 Å². The average molecular weight is 352 g/mol. The molecule has 0 radical (unpaired) electrons. The van der Waals surface area contributed by atoms with Gasteiger partial charge in [-0.15, -0.1) is 0 Å². The summed E-state index contributed by atoms with van der Waals surface area (Å²) in [5.74, 6) is 0.369. The lowest BCUT2D eigenvalue weighted by Gasteiger charge is -2.38. The van der Waals surface area contributed by atoms with Gasteiger partial charge in [-0.25, -0.2) is 0 Å². The Morgan fingerprint density at radius 1 is 1.31 bits per heavy atom. The third-order valence-corrected chi connectivity index (χ3v) is 5.16. The van der Waals surface area contributed by atoms with Gasteiger partial charge in [0, 0.05) is 44.7 Å². The molecule has 0 fully saturated rings. The number of hydrazone groups is 1. The smallest absolute Gasteiger partial charge is 0.146 e. The van der Waals surface area contributed by atoms with Gasteiger partial charge in [0.25, 0.3) is 0 Å². The van der Waals surface area contributed by atoms with E-state index in [1.54, 1.807) is 24.3 Å². The van der Waals surface area contributed by atoms with Crippen LogP contribution < -0.4 is 9.91 Å². The van der Waals surface area contributed by atoms with Crippen LogP contribution in [0.4, 0.5) is 11.4 Å². The molecule has 1 aromatic carbocycles. The molecule has 2 aliphatic heterocycles. The van der Waals surface area contributed by atoms with Crippen LogP contribution in [0.5, 0.6) is 5.75 Å². The Morgan fingerprint density at radius 2 is 2.04 bits per heavy atom. The maximum Gasteiger partial charge on any atom is 0.146 e. The Hall–Kier alpha value is -2.56. The molecule has 2 aliphatic rings. The van der Waals surface area contributed by atoms with E-state index in [-0.39, 0.29) is 0 Å². The molecule has 1 N–H and O–H groups in total. The van der Waals surface area contributed by atoms with Gasteiger partial charge in [-0.3, -0.25) is 10.0 Å². The number of hydrogen-bond acceptors (Lipinski definition) is 5.